The van der Waals surface area contributed by atoms with E-state index in [4.69, 9.17) is 11.6 Å². The Morgan fingerprint density at radius 2 is 1.81 bits per heavy atom. The van der Waals surface area contributed by atoms with Crippen molar-refractivity contribution < 1.29 is 17.9 Å². The van der Waals surface area contributed by atoms with Gasteiger partial charge in [0.2, 0.25) is 0 Å². The summed E-state index contributed by atoms with van der Waals surface area (Å²) in [4.78, 5) is 0.949. The molecule has 1 N–H and O–H groups in total. The van der Waals surface area contributed by atoms with E-state index in [-0.39, 0.29) is 18.2 Å². The van der Waals surface area contributed by atoms with Crippen LogP contribution in [0.3, 0.4) is 0 Å². The zero-order valence-electron chi connectivity index (χ0n) is 13.7. The van der Waals surface area contributed by atoms with Gasteiger partial charge in [-0.25, -0.2) is 0 Å². The van der Waals surface area contributed by atoms with Gasteiger partial charge in [-0.3, -0.25) is 0 Å². The summed E-state index contributed by atoms with van der Waals surface area (Å²) in [5.74, 6) is 0.192. The van der Waals surface area contributed by atoms with Gasteiger partial charge in [-0.05, 0) is 49.2 Å². The van der Waals surface area contributed by atoms with Gasteiger partial charge in [0.05, 0.1) is 5.02 Å². The number of hydrogen-bond acceptors (Lipinski definition) is 3. The lowest BCUT2D eigenvalue weighted by Gasteiger charge is -2.16. The number of nitrogens with one attached hydrogen (secondary N) is 1. The van der Waals surface area contributed by atoms with E-state index in [1.165, 1.54) is 35.0 Å². The first-order valence-electron chi connectivity index (χ1n) is 7.91. The highest BCUT2D eigenvalue weighted by Crippen LogP contribution is 2.38. The fraction of sp³-hybridized carbons (Fsp3) is 0.333. The molecular weight excluding hydrogens is 406 g/mol. The van der Waals surface area contributed by atoms with Crippen molar-refractivity contribution in [2.24, 2.45) is 0 Å². The van der Waals surface area contributed by atoms with Gasteiger partial charge in [-0.2, -0.15) is 0 Å². The van der Waals surface area contributed by atoms with Crippen molar-refractivity contribution in [3.05, 3.63) is 58.1 Å². The van der Waals surface area contributed by atoms with Crippen molar-refractivity contribution in [1.82, 2.24) is 5.32 Å². The Bertz CT molecular complexity index is 756. The van der Waals surface area contributed by atoms with Gasteiger partial charge in [0.25, 0.3) is 0 Å². The summed E-state index contributed by atoms with van der Waals surface area (Å²) in [7, 11) is 0. The summed E-state index contributed by atoms with van der Waals surface area (Å²) in [5.41, 5.74) is 2.93. The molecule has 26 heavy (non-hydrogen) atoms. The number of fused-ring (bicyclic) bond motifs is 1. The first-order chi connectivity index (χ1) is 11.9. The minimum atomic E-state index is -4.70. The zero-order valence-corrected chi connectivity index (χ0v) is 16.1. The molecule has 142 valence electrons. The van der Waals surface area contributed by atoms with Crippen LogP contribution in [-0.4, -0.2) is 19.5 Å². The molecule has 0 spiro atoms. The summed E-state index contributed by atoms with van der Waals surface area (Å²) in [6.07, 6.45) is -2.92. The predicted octanol–water partition coefficient (Wildman–Crippen LogP) is 5.64. The SMILES string of the molecule is Cl.FC(F)(F)Oc1ccccc1CSc1c(Cl)ccc2c1CCNCC2. The number of halogens is 5. The minimum absolute atomic E-state index is 0. The van der Waals surface area contributed by atoms with Gasteiger partial charge in [-0.1, -0.05) is 35.9 Å². The normalized spacial score (nSPS) is 14.2. The number of benzene rings is 2. The maximum atomic E-state index is 12.6. The van der Waals surface area contributed by atoms with Crippen molar-refractivity contribution >= 4 is 35.8 Å². The number of para-hydroxylation sites is 1. The second kappa shape index (κ2) is 9.22. The first kappa shape index (κ1) is 21.2. The Hall–Kier alpha value is -1.08. The van der Waals surface area contributed by atoms with Crippen LogP contribution in [0, 0.1) is 0 Å². The van der Waals surface area contributed by atoms with E-state index in [1.807, 2.05) is 12.1 Å². The maximum absolute atomic E-state index is 12.6. The summed E-state index contributed by atoms with van der Waals surface area (Å²) in [6, 6.07) is 10.1. The summed E-state index contributed by atoms with van der Waals surface area (Å²) in [5, 5.41) is 3.99. The second-order valence-electron chi connectivity index (χ2n) is 5.71. The van der Waals surface area contributed by atoms with Crippen LogP contribution < -0.4 is 10.1 Å². The van der Waals surface area contributed by atoms with Crippen LogP contribution in [0.2, 0.25) is 5.02 Å². The summed E-state index contributed by atoms with van der Waals surface area (Å²) in [6.45, 7) is 1.79. The molecule has 1 heterocycles. The van der Waals surface area contributed by atoms with E-state index in [0.29, 0.717) is 16.3 Å². The Morgan fingerprint density at radius 3 is 2.58 bits per heavy atom. The van der Waals surface area contributed by atoms with E-state index in [1.54, 1.807) is 12.1 Å². The molecule has 2 aromatic rings. The lowest BCUT2D eigenvalue weighted by atomic mass is 10.0. The molecule has 0 radical (unpaired) electrons. The first-order valence-corrected chi connectivity index (χ1v) is 9.28. The van der Waals surface area contributed by atoms with E-state index in [0.717, 1.165) is 30.8 Å². The molecule has 0 aromatic heterocycles. The van der Waals surface area contributed by atoms with Crippen LogP contribution in [0.1, 0.15) is 16.7 Å². The number of rotatable bonds is 4. The highest BCUT2D eigenvalue weighted by Gasteiger charge is 2.32. The molecule has 1 aliphatic heterocycles. The molecule has 0 saturated carbocycles. The Labute approximate surface area is 165 Å². The lowest BCUT2D eigenvalue weighted by Crippen LogP contribution is -2.18. The number of ether oxygens (including phenoxy) is 1. The molecule has 3 rings (SSSR count). The molecule has 2 nitrogen and oxygen atoms in total. The molecule has 0 unspecified atom stereocenters. The van der Waals surface area contributed by atoms with Crippen LogP contribution in [0.25, 0.3) is 0 Å². The van der Waals surface area contributed by atoms with Gasteiger partial charge in [0.15, 0.2) is 0 Å². The van der Waals surface area contributed by atoms with Crippen LogP contribution in [0.4, 0.5) is 13.2 Å². The third kappa shape index (κ3) is 5.46. The van der Waals surface area contributed by atoms with Crippen molar-refractivity contribution in [2.45, 2.75) is 29.9 Å². The predicted molar refractivity (Wildman–Crippen MR) is 102 cm³/mol. The highest BCUT2D eigenvalue weighted by molar-refractivity contribution is 7.98. The Balaban J connectivity index is 0.00000243. The van der Waals surface area contributed by atoms with Crippen LogP contribution in [0.5, 0.6) is 5.75 Å². The lowest BCUT2D eigenvalue weighted by molar-refractivity contribution is -0.274. The number of hydrogen-bond donors (Lipinski definition) is 1. The molecular formula is C18H18Cl2F3NOS. The summed E-state index contributed by atoms with van der Waals surface area (Å²) < 4.78 is 41.8. The molecule has 0 amide bonds. The largest absolute Gasteiger partial charge is 0.573 e. The highest BCUT2D eigenvalue weighted by atomic mass is 35.5. The molecule has 0 aliphatic carbocycles. The van der Waals surface area contributed by atoms with Crippen molar-refractivity contribution in [3.8, 4) is 5.75 Å². The molecule has 0 saturated heterocycles. The third-order valence-electron chi connectivity index (χ3n) is 4.00. The van der Waals surface area contributed by atoms with Gasteiger partial charge in [0, 0.05) is 16.2 Å². The van der Waals surface area contributed by atoms with Gasteiger partial charge >= 0.3 is 6.36 Å². The molecule has 2 aromatic carbocycles. The van der Waals surface area contributed by atoms with Crippen molar-refractivity contribution in [1.29, 1.82) is 0 Å². The smallest absolute Gasteiger partial charge is 0.405 e. The molecule has 8 heteroatoms. The third-order valence-corrected chi connectivity index (χ3v) is 5.64. The van der Waals surface area contributed by atoms with Crippen molar-refractivity contribution in [2.75, 3.05) is 13.1 Å². The van der Waals surface area contributed by atoms with E-state index >= 15 is 0 Å². The van der Waals surface area contributed by atoms with Crippen LogP contribution >= 0.6 is 35.8 Å². The van der Waals surface area contributed by atoms with E-state index < -0.39 is 6.36 Å². The van der Waals surface area contributed by atoms with Gasteiger partial charge in [0.1, 0.15) is 5.75 Å². The van der Waals surface area contributed by atoms with E-state index in [2.05, 4.69) is 10.1 Å². The molecule has 0 atom stereocenters. The quantitative estimate of drug-likeness (QED) is 0.642. The monoisotopic (exact) mass is 423 g/mol. The molecule has 0 fully saturated rings. The fourth-order valence-electron chi connectivity index (χ4n) is 2.86. The zero-order chi connectivity index (χ0) is 17.9. The summed E-state index contributed by atoms with van der Waals surface area (Å²) >= 11 is 7.83. The minimum Gasteiger partial charge on any atom is -0.405 e. The average Bonchev–Trinajstić information content (AvgIpc) is 2.79. The van der Waals surface area contributed by atoms with Crippen LogP contribution in [0.15, 0.2) is 41.3 Å². The second-order valence-corrected chi connectivity index (χ2v) is 7.10. The standard InChI is InChI=1S/C18H17ClF3NOS.ClH/c19-15-6-5-12-7-9-23-10-8-14(12)17(15)25-11-13-3-1-2-4-16(13)24-18(20,21)22;/h1-6,23H,7-11H2;1H. The Kier molecular flexibility index (Phi) is 7.52. The maximum Gasteiger partial charge on any atom is 0.573 e. The topological polar surface area (TPSA) is 21.3 Å². The average molecular weight is 424 g/mol. The van der Waals surface area contributed by atoms with Gasteiger partial charge in [-0.15, -0.1) is 37.3 Å². The number of thioether (sulfide) groups is 1. The fourth-order valence-corrected chi connectivity index (χ4v) is 4.36. The Morgan fingerprint density at radius 1 is 1.08 bits per heavy atom. The van der Waals surface area contributed by atoms with Crippen LogP contribution in [-0.2, 0) is 18.6 Å². The van der Waals surface area contributed by atoms with Crippen molar-refractivity contribution in [3.63, 3.8) is 0 Å². The van der Waals surface area contributed by atoms with E-state index in [9.17, 15) is 13.2 Å². The number of alkyl halides is 3. The molecule has 0 bridgehead atoms. The van der Waals surface area contributed by atoms with Gasteiger partial charge < -0.3 is 10.1 Å². The molecule has 1 aliphatic rings.